The molecule has 0 aliphatic rings. The van der Waals surface area contributed by atoms with E-state index in [1.807, 2.05) is 0 Å². The summed E-state index contributed by atoms with van der Waals surface area (Å²) in [4.78, 5) is 0. The van der Waals surface area contributed by atoms with E-state index in [0.717, 1.165) is 0 Å². The minimum absolute atomic E-state index is 0.126. The van der Waals surface area contributed by atoms with Crippen molar-refractivity contribution in [2.75, 3.05) is 0 Å². The van der Waals surface area contributed by atoms with Crippen molar-refractivity contribution >= 4 is 36.4 Å². The Hall–Kier alpha value is 0.500. The van der Waals surface area contributed by atoms with E-state index in [-0.39, 0.29) is 7.24 Å². The number of hydrogen-bond donors (Lipinski definition) is 0. The van der Waals surface area contributed by atoms with Crippen LogP contribution in [-0.2, 0) is 7.24 Å². The first-order valence-electron chi connectivity index (χ1n) is 2.23. The molecule has 0 bridgehead atoms. The summed E-state index contributed by atoms with van der Waals surface area (Å²) in [7, 11) is 0.455. The maximum Gasteiger partial charge on any atom is 0.101 e. The summed E-state index contributed by atoms with van der Waals surface area (Å²) in [6.45, 7) is 0. The molecule has 3 heteroatoms. The highest BCUT2D eigenvalue weighted by atomic mass is 127. The highest BCUT2D eigenvalue weighted by Crippen LogP contribution is 1.97. The molecular formula is C5H4IPS. The molecule has 1 unspecified atom stereocenters. The van der Waals surface area contributed by atoms with Gasteiger partial charge < -0.3 is 0 Å². The second-order valence-corrected chi connectivity index (χ2v) is 7.40. The minimum atomic E-state index is -0.126. The van der Waals surface area contributed by atoms with Crippen LogP contribution in [0.15, 0.2) is 0 Å². The van der Waals surface area contributed by atoms with E-state index in [1.54, 1.807) is 0 Å². The van der Waals surface area contributed by atoms with Crippen LogP contribution >= 0.6 is 29.2 Å². The molecule has 8 heavy (non-hydrogen) atoms. The van der Waals surface area contributed by atoms with Gasteiger partial charge in [-0.2, -0.15) is 0 Å². The molecule has 0 aromatic carbocycles. The molecule has 0 aliphatic carbocycles. The Morgan fingerprint density at radius 1 is 2.00 bits per heavy atom. The molecule has 1 atom stereocenters. The van der Waals surface area contributed by atoms with Gasteiger partial charge in [0.2, 0.25) is 0 Å². The van der Waals surface area contributed by atoms with Crippen molar-refractivity contribution in [3.63, 3.8) is 0 Å². The zero-order chi connectivity index (χ0) is 7.11. The number of terminal acetylenes is 1. The highest BCUT2D eigenvalue weighted by molar-refractivity contribution is 14.2. The van der Waals surface area contributed by atoms with E-state index >= 15 is 0 Å². The third kappa shape index (κ3) is 6.50. The van der Waals surface area contributed by atoms with Gasteiger partial charge in [0.1, 0.15) is 1.28 Å². The van der Waals surface area contributed by atoms with E-state index < -0.39 is 0 Å². The summed E-state index contributed by atoms with van der Waals surface area (Å²) in [5.74, 6) is 5.19. The van der Waals surface area contributed by atoms with E-state index in [9.17, 15) is 0 Å². The van der Waals surface area contributed by atoms with Crippen molar-refractivity contribution in [2.45, 2.75) is 6.42 Å². The molecular weight excluding hydrogens is 250 g/mol. The van der Waals surface area contributed by atoms with Gasteiger partial charge in [-0.15, -0.1) is 6.42 Å². The van der Waals surface area contributed by atoms with Crippen LogP contribution in [0.5, 0.6) is 0 Å². The SMILES string of the molecule is [3H]P=S(I)C#CCC#C. The van der Waals surface area contributed by atoms with Gasteiger partial charge in [-0.3, -0.25) is 0 Å². The van der Waals surface area contributed by atoms with Gasteiger partial charge in [0.15, 0.2) is 0 Å². The van der Waals surface area contributed by atoms with Gasteiger partial charge in [0.25, 0.3) is 0 Å². The molecule has 0 fully saturated rings. The quantitative estimate of drug-likeness (QED) is 0.353. The molecule has 0 radical (unpaired) electrons. The lowest BCUT2D eigenvalue weighted by Crippen LogP contribution is -1.59. The average Bonchev–Trinajstić information content (AvgIpc) is 1.89. The third-order valence-electron chi connectivity index (χ3n) is 0.347. The molecule has 0 saturated heterocycles. The fraction of sp³-hybridized carbons (Fsp3) is 0.200. The zero-order valence-corrected chi connectivity index (χ0v) is 7.89. The van der Waals surface area contributed by atoms with Crippen molar-refractivity contribution in [3.05, 3.63) is 0 Å². The standard InChI is InChI=1S/C5H4IPS/c1-2-3-4-5-8(6)7/h1,7H,3H2/i7T. The number of rotatable bonds is 0. The fourth-order valence-electron chi connectivity index (χ4n) is 0.147. The van der Waals surface area contributed by atoms with Gasteiger partial charge in [-0.1, -0.05) is 19.8 Å². The Labute approximate surface area is 67.5 Å². The molecule has 0 aliphatic heterocycles. The summed E-state index contributed by atoms with van der Waals surface area (Å²) in [5.41, 5.74) is 0. The van der Waals surface area contributed by atoms with E-state index in [2.05, 4.69) is 38.3 Å². The Morgan fingerprint density at radius 2 is 2.75 bits per heavy atom. The van der Waals surface area contributed by atoms with E-state index in [1.165, 1.54) is 0 Å². The average molecular weight is 256 g/mol. The predicted molar refractivity (Wildman–Crippen MR) is 50.9 cm³/mol. The highest BCUT2D eigenvalue weighted by Gasteiger charge is 1.68. The summed E-state index contributed by atoms with van der Waals surface area (Å²) >= 11 is 2.13. The summed E-state index contributed by atoms with van der Waals surface area (Å²) in [5, 5.41) is 2.86. The van der Waals surface area contributed by atoms with Crippen LogP contribution in [0.3, 0.4) is 0 Å². The Morgan fingerprint density at radius 3 is 3.25 bits per heavy atom. The Bertz CT molecular complexity index is 207. The second kappa shape index (κ2) is 5.63. The van der Waals surface area contributed by atoms with Crippen LogP contribution in [0.4, 0.5) is 0 Å². The zero-order valence-electron chi connectivity index (χ0n) is 5.02. The van der Waals surface area contributed by atoms with Gasteiger partial charge >= 0.3 is 0 Å². The van der Waals surface area contributed by atoms with Crippen molar-refractivity contribution < 1.29 is 0 Å². The van der Waals surface area contributed by atoms with Crippen LogP contribution < -0.4 is 0 Å². The summed E-state index contributed by atoms with van der Waals surface area (Å²) < 4.78 is 6.87. The first kappa shape index (κ1) is 6.62. The summed E-state index contributed by atoms with van der Waals surface area (Å²) in [6.07, 6.45) is 5.46. The van der Waals surface area contributed by atoms with Crippen molar-refractivity contribution in [3.8, 4) is 23.5 Å². The maximum absolute atomic E-state index is 6.87. The predicted octanol–water partition coefficient (Wildman–Crippen LogP) is 2.00. The van der Waals surface area contributed by atoms with Crippen molar-refractivity contribution in [1.29, 1.82) is 1.28 Å². The molecule has 0 spiro atoms. The van der Waals surface area contributed by atoms with Crippen molar-refractivity contribution in [1.82, 2.24) is 0 Å². The largest absolute Gasteiger partial charge is 0.119 e. The molecule has 0 heterocycles. The van der Waals surface area contributed by atoms with Gasteiger partial charge in [-0.25, -0.2) is 0 Å². The lowest BCUT2D eigenvalue weighted by molar-refractivity contribution is 1.58. The van der Waals surface area contributed by atoms with Gasteiger partial charge in [0, 0.05) is 21.2 Å². The lowest BCUT2D eigenvalue weighted by Gasteiger charge is -1.72. The fourth-order valence-corrected chi connectivity index (χ4v) is 0.999. The first-order valence-corrected chi connectivity index (χ1v) is 6.61. The van der Waals surface area contributed by atoms with Crippen molar-refractivity contribution in [2.24, 2.45) is 0 Å². The molecule has 0 amide bonds. The normalized spacial score (nSPS) is 12.8. The lowest BCUT2D eigenvalue weighted by atomic mass is 10.5. The Balaban J connectivity index is 3.77. The molecule has 0 rings (SSSR count). The van der Waals surface area contributed by atoms with Crippen LogP contribution in [0.2, 0.25) is 0 Å². The molecule has 0 N–H and O–H groups in total. The molecule has 0 nitrogen and oxygen atoms in total. The summed E-state index contributed by atoms with van der Waals surface area (Å²) in [6, 6.07) is 0. The topological polar surface area (TPSA) is 0 Å². The number of hydrogen-bond acceptors (Lipinski definition) is 0. The monoisotopic (exact) mass is 256 g/mol. The molecule has 0 aromatic rings. The third-order valence-corrected chi connectivity index (χ3v) is 1.59. The van der Waals surface area contributed by atoms with Gasteiger partial charge in [0.05, 0.1) is 6.42 Å². The molecule has 0 aromatic heterocycles. The van der Waals surface area contributed by atoms with Gasteiger partial charge in [-0.05, 0) is 12.5 Å². The smallest absolute Gasteiger partial charge is 0.101 e. The van der Waals surface area contributed by atoms with E-state index in [4.69, 9.17) is 7.70 Å². The van der Waals surface area contributed by atoms with Crippen LogP contribution in [0.25, 0.3) is 0 Å². The Kier molecular flexibility index (Phi) is 4.66. The van der Waals surface area contributed by atoms with Crippen LogP contribution in [0.1, 0.15) is 6.42 Å². The first-order chi connectivity index (χ1) is 4.31. The van der Waals surface area contributed by atoms with E-state index in [0.29, 0.717) is 14.4 Å². The number of halogens is 1. The minimum Gasteiger partial charge on any atom is -0.119 e. The van der Waals surface area contributed by atoms with Crippen LogP contribution in [0, 0.1) is 23.5 Å². The maximum atomic E-state index is 6.87. The molecule has 0 saturated carbocycles. The molecule has 42 valence electrons. The van der Waals surface area contributed by atoms with Crippen LogP contribution in [-0.4, -0.2) is 1.28 Å². The second-order valence-electron chi connectivity index (χ2n) is 0.897.